The number of carboxylic acids is 1. The molecule has 2 atom stereocenters. The van der Waals surface area contributed by atoms with Gasteiger partial charge in [-0.25, -0.2) is 0 Å². The van der Waals surface area contributed by atoms with E-state index >= 15 is 0 Å². The first-order chi connectivity index (χ1) is 14.3. The highest BCUT2D eigenvalue weighted by atomic mass is 16.5. The SMILES string of the molecule is COC(C)(C)CCOC(C)(C)C(C)(C)CC(C)OC(C)(C)CC(C)NC(=O)CCC(=O)O. The molecule has 0 aliphatic rings. The number of methoxy groups -OCH3 is 1. The Bertz CT molecular complexity index is 597. The smallest absolute Gasteiger partial charge is 0.303 e. The van der Waals surface area contributed by atoms with E-state index in [1.807, 2.05) is 20.8 Å². The number of ether oxygens (including phenoxy) is 3. The van der Waals surface area contributed by atoms with Crippen molar-refractivity contribution < 1.29 is 28.9 Å². The lowest BCUT2D eigenvalue weighted by Gasteiger charge is -2.44. The van der Waals surface area contributed by atoms with Gasteiger partial charge in [-0.1, -0.05) is 13.8 Å². The number of hydrogen-bond acceptors (Lipinski definition) is 5. The maximum absolute atomic E-state index is 11.9. The number of aliphatic carboxylic acids is 1. The van der Waals surface area contributed by atoms with Gasteiger partial charge in [0.2, 0.25) is 5.91 Å². The molecule has 1 amide bonds. The van der Waals surface area contributed by atoms with Gasteiger partial charge in [-0.2, -0.15) is 0 Å². The van der Waals surface area contributed by atoms with Gasteiger partial charge in [0.25, 0.3) is 0 Å². The van der Waals surface area contributed by atoms with Gasteiger partial charge in [0.1, 0.15) is 0 Å². The third kappa shape index (κ3) is 12.2. The summed E-state index contributed by atoms with van der Waals surface area (Å²) in [6.45, 7) is 21.4. The maximum atomic E-state index is 11.9. The Morgan fingerprint density at radius 1 is 0.906 bits per heavy atom. The van der Waals surface area contributed by atoms with Crippen LogP contribution in [-0.2, 0) is 23.8 Å². The second-order valence-corrected chi connectivity index (χ2v) is 11.4. The molecule has 0 aromatic rings. The van der Waals surface area contributed by atoms with E-state index in [2.05, 4.69) is 53.8 Å². The summed E-state index contributed by atoms with van der Waals surface area (Å²) < 4.78 is 18.1. The summed E-state index contributed by atoms with van der Waals surface area (Å²) in [7, 11) is 1.72. The fourth-order valence-corrected chi connectivity index (χ4v) is 3.80. The van der Waals surface area contributed by atoms with Crippen LogP contribution in [-0.4, -0.2) is 59.6 Å². The fourth-order valence-electron chi connectivity index (χ4n) is 3.80. The van der Waals surface area contributed by atoms with Gasteiger partial charge >= 0.3 is 5.97 Å². The van der Waals surface area contributed by atoms with Crippen molar-refractivity contribution in [2.75, 3.05) is 13.7 Å². The number of carbonyl (C=O) groups is 2. The van der Waals surface area contributed by atoms with Crippen LogP contribution in [0, 0.1) is 5.41 Å². The van der Waals surface area contributed by atoms with Crippen molar-refractivity contribution in [1.82, 2.24) is 5.32 Å². The van der Waals surface area contributed by atoms with Gasteiger partial charge < -0.3 is 24.6 Å². The molecule has 0 aliphatic carbocycles. The Labute approximate surface area is 196 Å². The zero-order valence-corrected chi connectivity index (χ0v) is 22.4. The number of carboxylic acid groups (broad SMARTS) is 1. The molecule has 0 heterocycles. The van der Waals surface area contributed by atoms with Gasteiger partial charge in [-0.3, -0.25) is 9.59 Å². The minimum absolute atomic E-state index is 0.00629. The summed E-state index contributed by atoms with van der Waals surface area (Å²) in [5.41, 5.74) is -1.12. The number of amides is 1. The number of carbonyl (C=O) groups excluding carboxylic acids is 1. The largest absolute Gasteiger partial charge is 0.481 e. The van der Waals surface area contributed by atoms with Crippen LogP contribution in [0.15, 0.2) is 0 Å². The van der Waals surface area contributed by atoms with Crippen molar-refractivity contribution >= 4 is 11.9 Å². The quantitative estimate of drug-likeness (QED) is 0.339. The first kappa shape index (κ1) is 30.8. The van der Waals surface area contributed by atoms with Crippen LogP contribution in [0.3, 0.4) is 0 Å². The Kier molecular flexibility index (Phi) is 11.9. The topological polar surface area (TPSA) is 94.1 Å². The molecule has 32 heavy (non-hydrogen) atoms. The molecule has 0 aliphatic heterocycles. The first-order valence-corrected chi connectivity index (χ1v) is 11.7. The molecule has 0 saturated carbocycles. The molecular weight excluding hydrogens is 410 g/mol. The maximum Gasteiger partial charge on any atom is 0.303 e. The Hall–Kier alpha value is -1.18. The first-order valence-electron chi connectivity index (χ1n) is 11.7. The minimum atomic E-state index is -0.970. The predicted octanol–water partition coefficient (Wildman–Crippen LogP) is 4.96. The van der Waals surface area contributed by atoms with E-state index in [9.17, 15) is 9.59 Å². The minimum Gasteiger partial charge on any atom is -0.481 e. The molecule has 0 radical (unpaired) electrons. The summed E-state index contributed by atoms with van der Waals surface area (Å²) in [6, 6.07) is -0.115. The summed E-state index contributed by atoms with van der Waals surface area (Å²) in [6.07, 6.45) is 2.08. The van der Waals surface area contributed by atoms with Gasteiger partial charge in [0.05, 0.1) is 35.9 Å². The molecular formula is C25H49NO6. The van der Waals surface area contributed by atoms with Crippen LogP contribution in [0.1, 0.15) is 101 Å². The summed E-state index contributed by atoms with van der Waals surface area (Å²) in [4.78, 5) is 22.5. The van der Waals surface area contributed by atoms with Crippen LogP contribution in [0.25, 0.3) is 0 Å². The van der Waals surface area contributed by atoms with E-state index in [4.69, 9.17) is 19.3 Å². The third-order valence-electron chi connectivity index (χ3n) is 6.44. The lowest BCUT2D eigenvalue weighted by atomic mass is 9.73. The normalized spacial score (nSPS) is 15.3. The predicted molar refractivity (Wildman–Crippen MR) is 128 cm³/mol. The lowest BCUT2D eigenvalue weighted by molar-refractivity contribution is -0.144. The second-order valence-electron chi connectivity index (χ2n) is 11.4. The van der Waals surface area contributed by atoms with Crippen LogP contribution < -0.4 is 5.32 Å². The van der Waals surface area contributed by atoms with Crippen molar-refractivity contribution in [3.63, 3.8) is 0 Å². The monoisotopic (exact) mass is 459 g/mol. The summed E-state index contributed by atoms with van der Waals surface area (Å²) >= 11 is 0. The molecule has 0 bridgehead atoms. The molecule has 0 spiro atoms. The molecule has 0 saturated heterocycles. The molecule has 0 rings (SSSR count). The zero-order valence-electron chi connectivity index (χ0n) is 22.4. The standard InChI is InChI=1S/C25H49NO6/c1-18(26-20(27)12-13-21(28)29)16-24(7,8)32-19(2)17-22(3,4)25(9,10)31-15-14-23(5,6)30-11/h18-19H,12-17H2,1-11H3,(H,26,27)(H,28,29). The van der Waals surface area contributed by atoms with E-state index in [1.165, 1.54) is 0 Å². The fraction of sp³-hybridized carbons (Fsp3) is 0.920. The van der Waals surface area contributed by atoms with Gasteiger partial charge in [0.15, 0.2) is 0 Å². The number of rotatable bonds is 16. The van der Waals surface area contributed by atoms with Crippen LogP contribution in [0.4, 0.5) is 0 Å². The highest BCUT2D eigenvalue weighted by molar-refractivity contribution is 5.80. The third-order valence-corrected chi connectivity index (χ3v) is 6.44. The van der Waals surface area contributed by atoms with E-state index in [0.29, 0.717) is 13.0 Å². The summed E-state index contributed by atoms with van der Waals surface area (Å²) in [5, 5.41) is 11.6. The Balaban J connectivity index is 4.74. The average Bonchev–Trinajstić information content (AvgIpc) is 2.57. The van der Waals surface area contributed by atoms with Crippen molar-refractivity contribution in [3.8, 4) is 0 Å². The number of nitrogens with one attached hydrogen (secondary N) is 1. The van der Waals surface area contributed by atoms with Crippen molar-refractivity contribution in [1.29, 1.82) is 0 Å². The zero-order chi connectivity index (χ0) is 25.4. The van der Waals surface area contributed by atoms with E-state index in [-0.39, 0.29) is 47.5 Å². The highest BCUT2D eigenvalue weighted by Gasteiger charge is 2.40. The molecule has 2 N–H and O–H groups in total. The van der Waals surface area contributed by atoms with E-state index in [0.717, 1.165) is 12.8 Å². The molecule has 7 nitrogen and oxygen atoms in total. The molecule has 2 unspecified atom stereocenters. The van der Waals surface area contributed by atoms with Gasteiger partial charge in [0, 0.05) is 19.6 Å². The molecule has 0 aromatic carbocycles. The van der Waals surface area contributed by atoms with Crippen molar-refractivity contribution in [2.45, 2.75) is 130 Å². The van der Waals surface area contributed by atoms with Crippen LogP contribution in [0.2, 0.25) is 0 Å². The highest BCUT2D eigenvalue weighted by Crippen LogP contribution is 2.39. The summed E-state index contributed by atoms with van der Waals surface area (Å²) in [5.74, 6) is -1.22. The van der Waals surface area contributed by atoms with Gasteiger partial charge in [-0.15, -0.1) is 0 Å². The Morgan fingerprint density at radius 3 is 1.97 bits per heavy atom. The number of hydrogen-bond donors (Lipinski definition) is 2. The van der Waals surface area contributed by atoms with E-state index in [1.54, 1.807) is 7.11 Å². The molecule has 7 heteroatoms. The van der Waals surface area contributed by atoms with Crippen LogP contribution in [0.5, 0.6) is 0 Å². The lowest BCUT2D eigenvalue weighted by Crippen LogP contribution is -2.46. The van der Waals surface area contributed by atoms with Crippen LogP contribution >= 0.6 is 0 Å². The Morgan fingerprint density at radius 2 is 1.47 bits per heavy atom. The van der Waals surface area contributed by atoms with E-state index < -0.39 is 11.6 Å². The van der Waals surface area contributed by atoms with Crippen molar-refractivity contribution in [3.05, 3.63) is 0 Å². The average molecular weight is 460 g/mol. The molecule has 0 aromatic heterocycles. The molecule has 0 fully saturated rings. The van der Waals surface area contributed by atoms with Crippen molar-refractivity contribution in [2.24, 2.45) is 5.41 Å². The van der Waals surface area contributed by atoms with Gasteiger partial charge in [-0.05, 0) is 80.1 Å². The second kappa shape index (κ2) is 12.3. The molecule has 190 valence electrons.